The van der Waals surface area contributed by atoms with E-state index in [0.717, 1.165) is 42.0 Å². The second-order valence-electron chi connectivity index (χ2n) is 14.5. The van der Waals surface area contributed by atoms with E-state index in [-0.39, 0.29) is 36.6 Å². The van der Waals surface area contributed by atoms with Crippen molar-refractivity contribution in [2.45, 2.75) is 96.2 Å². The van der Waals surface area contributed by atoms with Crippen LogP contribution in [0.2, 0.25) is 0 Å². The Morgan fingerprint density at radius 1 is 1.04 bits per heavy atom. The number of benzene rings is 2. The Labute approximate surface area is 304 Å². The molecular formula is C38H53N5O9. The van der Waals surface area contributed by atoms with Crippen LogP contribution in [0, 0.1) is 6.92 Å². The molecular weight excluding hydrogens is 670 g/mol. The van der Waals surface area contributed by atoms with Crippen LogP contribution < -0.4 is 14.8 Å². The molecule has 1 aromatic heterocycles. The van der Waals surface area contributed by atoms with Crippen LogP contribution in [0.5, 0.6) is 11.6 Å². The molecule has 0 unspecified atom stereocenters. The van der Waals surface area contributed by atoms with E-state index in [4.69, 9.17) is 14.2 Å². The molecule has 2 aliphatic rings. The number of ether oxygens (including phenoxy) is 3. The summed E-state index contributed by atoms with van der Waals surface area (Å²) in [4.78, 5) is 30.4. The fraction of sp³-hybridized carbons (Fsp3) is 0.553. The number of carbonyl (C=O) groups is 2. The highest BCUT2D eigenvalue weighted by Gasteiger charge is 2.45. The van der Waals surface area contributed by atoms with E-state index in [1.807, 2.05) is 62.1 Å². The van der Waals surface area contributed by atoms with Crippen molar-refractivity contribution in [3.8, 4) is 11.6 Å². The van der Waals surface area contributed by atoms with Crippen LogP contribution >= 0.6 is 0 Å². The van der Waals surface area contributed by atoms with Crippen molar-refractivity contribution in [1.82, 2.24) is 25.3 Å². The normalized spacial score (nSPS) is 22.7. The van der Waals surface area contributed by atoms with Gasteiger partial charge in [-0.3, -0.25) is 19.6 Å². The summed E-state index contributed by atoms with van der Waals surface area (Å²) >= 11 is 0. The number of aromatic amines is 1. The zero-order chi connectivity index (χ0) is 37.6. The first kappa shape index (κ1) is 39.2. The summed E-state index contributed by atoms with van der Waals surface area (Å²) < 4.78 is 17.4. The van der Waals surface area contributed by atoms with Crippen molar-refractivity contribution >= 4 is 11.8 Å². The largest absolute Gasteiger partial charge is 0.493 e. The second-order valence-corrected chi connectivity index (χ2v) is 14.5. The maximum Gasteiger partial charge on any atom is 0.247 e. The Morgan fingerprint density at radius 2 is 1.75 bits per heavy atom. The van der Waals surface area contributed by atoms with Gasteiger partial charge < -0.3 is 44.9 Å². The number of amides is 2. The first-order chi connectivity index (χ1) is 24.8. The Morgan fingerprint density at radius 3 is 2.40 bits per heavy atom. The number of nitrogens with one attached hydrogen (secondary N) is 2. The van der Waals surface area contributed by atoms with Crippen molar-refractivity contribution in [3.05, 3.63) is 76.5 Å². The lowest BCUT2D eigenvalue weighted by molar-refractivity contribution is -0.278. The van der Waals surface area contributed by atoms with Gasteiger partial charge in [-0.05, 0) is 55.5 Å². The molecule has 2 aromatic carbocycles. The number of hydrogen-bond acceptors (Lipinski definition) is 11. The van der Waals surface area contributed by atoms with E-state index in [0.29, 0.717) is 25.3 Å². The summed E-state index contributed by atoms with van der Waals surface area (Å²) in [5, 5.41) is 50.6. The molecule has 2 amide bonds. The van der Waals surface area contributed by atoms with Gasteiger partial charge in [-0.15, -0.1) is 5.10 Å². The van der Waals surface area contributed by atoms with Crippen molar-refractivity contribution in [2.24, 2.45) is 0 Å². The number of H-pyrrole nitrogens is 1. The fourth-order valence-electron chi connectivity index (χ4n) is 6.60. The number of aliphatic hydroxyl groups excluding tert-OH is 4. The van der Waals surface area contributed by atoms with Crippen LogP contribution in [0.25, 0.3) is 0 Å². The van der Waals surface area contributed by atoms with Crippen LogP contribution in [0.1, 0.15) is 68.0 Å². The minimum absolute atomic E-state index is 0.0547. The van der Waals surface area contributed by atoms with Gasteiger partial charge in [0.25, 0.3) is 0 Å². The Balaban J connectivity index is 1.12. The van der Waals surface area contributed by atoms with E-state index >= 15 is 0 Å². The molecule has 14 heteroatoms. The average molecular weight is 724 g/mol. The molecule has 284 valence electrons. The first-order valence-electron chi connectivity index (χ1n) is 17.9. The SMILES string of the molecule is Cc1cc(OCCC(=O)NC(C)(C)C(=O)N2CCN(Cc3ccccc3)CC2)ccc1Cc1c(O[C@@H]2O[C@H](CO)[C@@H](O)[C@H](O)[C@H]2O)n[nH]c1C(C)C. The molecule has 0 spiro atoms. The Kier molecular flexibility index (Phi) is 12.9. The molecule has 3 heterocycles. The molecule has 5 atom stereocenters. The van der Waals surface area contributed by atoms with E-state index in [2.05, 4.69) is 32.5 Å². The van der Waals surface area contributed by atoms with Gasteiger partial charge >= 0.3 is 0 Å². The summed E-state index contributed by atoms with van der Waals surface area (Å²) in [5.41, 5.74) is 3.61. The van der Waals surface area contributed by atoms with Crippen molar-refractivity contribution in [3.63, 3.8) is 0 Å². The van der Waals surface area contributed by atoms with Crippen LogP contribution in [-0.4, -0.2) is 128 Å². The molecule has 52 heavy (non-hydrogen) atoms. The molecule has 2 fully saturated rings. The van der Waals surface area contributed by atoms with E-state index in [9.17, 15) is 30.0 Å². The molecule has 0 bridgehead atoms. The third-order valence-electron chi connectivity index (χ3n) is 9.69. The summed E-state index contributed by atoms with van der Waals surface area (Å²) in [5.74, 6) is 0.436. The molecule has 2 aliphatic heterocycles. The number of aromatic nitrogens is 2. The lowest BCUT2D eigenvalue weighted by atomic mass is 9.96. The lowest BCUT2D eigenvalue weighted by Crippen LogP contribution is -2.60. The average Bonchev–Trinajstić information content (AvgIpc) is 3.51. The molecule has 0 saturated carbocycles. The number of hydrogen-bond donors (Lipinski definition) is 6. The van der Waals surface area contributed by atoms with Gasteiger partial charge in [0.15, 0.2) is 0 Å². The van der Waals surface area contributed by atoms with Crippen molar-refractivity contribution in [1.29, 1.82) is 0 Å². The predicted octanol–water partition coefficient (Wildman–Crippen LogP) is 1.62. The highest BCUT2D eigenvalue weighted by molar-refractivity contribution is 5.90. The van der Waals surface area contributed by atoms with Gasteiger partial charge in [-0.2, -0.15) is 0 Å². The van der Waals surface area contributed by atoms with Gasteiger partial charge in [-0.25, -0.2) is 0 Å². The van der Waals surface area contributed by atoms with Crippen molar-refractivity contribution in [2.75, 3.05) is 39.4 Å². The zero-order valence-electron chi connectivity index (χ0n) is 30.6. The predicted molar refractivity (Wildman–Crippen MR) is 192 cm³/mol. The van der Waals surface area contributed by atoms with E-state index < -0.39 is 42.9 Å². The Hall–Kier alpha value is -4.05. The topological polar surface area (TPSA) is 190 Å². The van der Waals surface area contributed by atoms with Crippen LogP contribution in [0.4, 0.5) is 0 Å². The summed E-state index contributed by atoms with van der Waals surface area (Å²) in [6.07, 6.45) is -6.62. The maximum absolute atomic E-state index is 13.3. The van der Waals surface area contributed by atoms with Crippen LogP contribution in [0.15, 0.2) is 48.5 Å². The molecule has 0 radical (unpaired) electrons. The van der Waals surface area contributed by atoms with Gasteiger partial charge in [0.05, 0.1) is 19.6 Å². The molecule has 5 rings (SSSR count). The highest BCUT2D eigenvalue weighted by Crippen LogP contribution is 2.32. The van der Waals surface area contributed by atoms with Gasteiger partial charge in [0.1, 0.15) is 35.7 Å². The quantitative estimate of drug-likeness (QED) is 0.142. The van der Waals surface area contributed by atoms with Crippen molar-refractivity contribution < 1.29 is 44.2 Å². The first-order valence-corrected chi connectivity index (χ1v) is 17.9. The van der Waals surface area contributed by atoms with Gasteiger partial charge in [0.2, 0.25) is 24.0 Å². The minimum Gasteiger partial charge on any atom is -0.493 e. The molecule has 0 aliphatic carbocycles. The Bertz CT molecular complexity index is 1640. The number of carbonyl (C=O) groups excluding carboxylic acids is 2. The number of rotatable bonds is 14. The standard InChI is InChI=1S/C38H53N5O9/c1-23(2)31-28(35(41-40-31)52-36-34(48)33(47)32(46)29(22-44)51-36)20-26-11-12-27(19-24(26)3)50-18-13-30(45)39-38(4,5)37(49)43-16-14-42(15-17-43)21-25-9-7-6-8-10-25/h6-12,19,23,29,32-34,36,44,46-48H,13-18,20-22H2,1-5H3,(H,39,45)(H,40,41)/t29-,32-,33+,34-,36+/m1/s1. The number of aryl methyl sites for hydroxylation is 1. The smallest absolute Gasteiger partial charge is 0.247 e. The second kappa shape index (κ2) is 17.2. The van der Waals surface area contributed by atoms with Crippen LogP contribution in [0.3, 0.4) is 0 Å². The molecule has 2 saturated heterocycles. The summed E-state index contributed by atoms with van der Waals surface area (Å²) in [6.45, 7) is 12.6. The third kappa shape index (κ3) is 9.48. The van der Waals surface area contributed by atoms with Gasteiger partial charge in [0, 0.05) is 50.4 Å². The summed E-state index contributed by atoms with van der Waals surface area (Å²) in [6, 6.07) is 15.9. The molecule has 3 aromatic rings. The van der Waals surface area contributed by atoms with E-state index in [1.54, 1.807) is 13.8 Å². The van der Waals surface area contributed by atoms with E-state index in [1.165, 1.54) is 5.56 Å². The number of nitrogens with zero attached hydrogens (tertiary/aromatic N) is 3. The summed E-state index contributed by atoms with van der Waals surface area (Å²) in [7, 11) is 0. The zero-order valence-corrected chi connectivity index (χ0v) is 30.6. The number of piperazine rings is 1. The third-order valence-corrected chi connectivity index (χ3v) is 9.69. The maximum atomic E-state index is 13.3. The monoisotopic (exact) mass is 723 g/mol. The molecule has 6 N–H and O–H groups in total. The highest BCUT2D eigenvalue weighted by atomic mass is 16.7. The number of aliphatic hydroxyl groups is 4. The lowest BCUT2D eigenvalue weighted by Gasteiger charge is -2.39. The minimum atomic E-state index is -1.57. The molecule has 14 nitrogen and oxygen atoms in total. The van der Waals surface area contributed by atoms with Gasteiger partial charge in [-0.1, -0.05) is 50.2 Å². The fourth-order valence-corrected chi connectivity index (χ4v) is 6.60. The van der Waals surface area contributed by atoms with Crippen LogP contribution in [-0.2, 0) is 27.3 Å².